The number of nitrogens with zero attached hydrogens (tertiary/aromatic N) is 2. The molecule has 0 saturated carbocycles. The van der Waals surface area contributed by atoms with Gasteiger partial charge in [0.2, 0.25) is 0 Å². The normalized spacial score (nSPS) is 15.6. The molecule has 1 amide bonds. The van der Waals surface area contributed by atoms with Gasteiger partial charge in [-0.2, -0.15) is 0 Å². The van der Waals surface area contributed by atoms with Crippen molar-refractivity contribution in [2.75, 3.05) is 32.5 Å². The molecule has 110 valence electrons. The molecule has 0 radical (unpaired) electrons. The summed E-state index contributed by atoms with van der Waals surface area (Å²) in [7, 11) is 1.69. The summed E-state index contributed by atoms with van der Waals surface area (Å²) >= 11 is 0. The summed E-state index contributed by atoms with van der Waals surface area (Å²) in [6.07, 6.45) is 4.78. The quantitative estimate of drug-likeness (QED) is 0.857. The van der Waals surface area contributed by atoms with Crippen LogP contribution in [0.4, 0.5) is 5.69 Å². The number of nitrogens with two attached hydrogens (primary N) is 1. The second kappa shape index (κ2) is 6.13. The molecule has 0 bridgehead atoms. The first kappa shape index (κ1) is 14.7. The third kappa shape index (κ3) is 3.04. The highest BCUT2D eigenvalue weighted by Gasteiger charge is 2.22. The van der Waals surface area contributed by atoms with Crippen molar-refractivity contribution in [2.24, 2.45) is 0 Å². The second-order valence-electron chi connectivity index (χ2n) is 5.46. The molecule has 0 atom stereocenters. The van der Waals surface area contributed by atoms with Crippen molar-refractivity contribution >= 4 is 11.6 Å². The van der Waals surface area contributed by atoms with Crippen molar-refractivity contribution in [3.05, 3.63) is 29.6 Å². The van der Waals surface area contributed by atoms with Crippen LogP contribution in [-0.4, -0.2) is 42.2 Å². The largest absolute Gasteiger partial charge is 0.397 e. The Morgan fingerprint density at radius 1 is 1.50 bits per heavy atom. The first-order chi connectivity index (χ1) is 9.52. The van der Waals surface area contributed by atoms with Gasteiger partial charge in [0, 0.05) is 32.4 Å². The molecule has 20 heavy (non-hydrogen) atoms. The standard InChI is InChI=1S/C15H23N3O2/c1-11(2)18-9-13(16)8-14(18)15(19)17-6-4-12(5-7-17)10-20-3/h4,8-9,11H,5-7,10,16H2,1-3H3. The lowest BCUT2D eigenvalue weighted by atomic mass is 10.1. The van der Waals surface area contributed by atoms with Crippen molar-refractivity contribution < 1.29 is 9.53 Å². The Hall–Kier alpha value is -1.75. The molecular weight excluding hydrogens is 254 g/mol. The van der Waals surface area contributed by atoms with Gasteiger partial charge in [-0.25, -0.2) is 0 Å². The maximum atomic E-state index is 12.6. The van der Waals surface area contributed by atoms with Crippen LogP contribution in [0.2, 0.25) is 0 Å². The van der Waals surface area contributed by atoms with Gasteiger partial charge < -0.3 is 19.9 Å². The lowest BCUT2D eigenvalue weighted by Crippen LogP contribution is -2.36. The molecule has 1 aromatic heterocycles. The fourth-order valence-corrected chi connectivity index (χ4v) is 2.47. The smallest absolute Gasteiger partial charge is 0.270 e. The molecule has 0 aliphatic carbocycles. The van der Waals surface area contributed by atoms with Crippen molar-refractivity contribution in [1.29, 1.82) is 0 Å². The number of ether oxygens (including phenoxy) is 1. The van der Waals surface area contributed by atoms with Gasteiger partial charge in [-0.1, -0.05) is 6.08 Å². The fraction of sp³-hybridized carbons (Fsp3) is 0.533. The molecule has 2 rings (SSSR count). The Bertz CT molecular complexity index is 517. The maximum absolute atomic E-state index is 12.6. The van der Waals surface area contributed by atoms with Crippen LogP contribution in [0.15, 0.2) is 23.9 Å². The van der Waals surface area contributed by atoms with Gasteiger partial charge in [0.1, 0.15) is 5.69 Å². The summed E-state index contributed by atoms with van der Waals surface area (Å²) in [4.78, 5) is 14.4. The topological polar surface area (TPSA) is 60.5 Å². The number of hydrogen-bond acceptors (Lipinski definition) is 3. The van der Waals surface area contributed by atoms with Crippen LogP contribution in [0.1, 0.15) is 36.8 Å². The summed E-state index contributed by atoms with van der Waals surface area (Å²) in [6.45, 7) is 6.11. The molecule has 0 unspecified atom stereocenters. The van der Waals surface area contributed by atoms with Crippen LogP contribution < -0.4 is 5.73 Å². The van der Waals surface area contributed by atoms with Gasteiger partial charge in [-0.3, -0.25) is 4.79 Å². The van der Waals surface area contributed by atoms with Gasteiger partial charge in [0.05, 0.1) is 12.3 Å². The van der Waals surface area contributed by atoms with Gasteiger partial charge in [0.15, 0.2) is 0 Å². The van der Waals surface area contributed by atoms with E-state index in [1.807, 2.05) is 29.5 Å². The number of rotatable bonds is 4. The van der Waals surface area contributed by atoms with E-state index in [0.29, 0.717) is 24.5 Å². The molecule has 5 heteroatoms. The third-order valence-corrected chi connectivity index (χ3v) is 3.57. The van der Waals surface area contributed by atoms with Crippen molar-refractivity contribution in [2.45, 2.75) is 26.3 Å². The fourth-order valence-electron chi connectivity index (χ4n) is 2.47. The van der Waals surface area contributed by atoms with E-state index in [4.69, 9.17) is 10.5 Å². The predicted octanol–water partition coefficient (Wildman–Crippen LogP) is 2.07. The Morgan fingerprint density at radius 3 is 2.80 bits per heavy atom. The van der Waals surface area contributed by atoms with Gasteiger partial charge >= 0.3 is 0 Å². The van der Waals surface area contributed by atoms with Gasteiger partial charge in [0.25, 0.3) is 5.91 Å². The van der Waals surface area contributed by atoms with Crippen LogP contribution in [0, 0.1) is 0 Å². The zero-order valence-corrected chi connectivity index (χ0v) is 12.4. The highest BCUT2D eigenvalue weighted by atomic mass is 16.5. The van der Waals surface area contributed by atoms with Gasteiger partial charge in [-0.05, 0) is 31.9 Å². The highest BCUT2D eigenvalue weighted by molar-refractivity contribution is 5.94. The summed E-state index contributed by atoms with van der Waals surface area (Å²) in [5.41, 5.74) is 8.39. The summed E-state index contributed by atoms with van der Waals surface area (Å²) in [6, 6.07) is 1.98. The van der Waals surface area contributed by atoms with Crippen molar-refractivity contribution in [3.8, 4) is 0 Å². The summed E-state index contributed by atoms with van der Waals surface area (Å²) in [5, 5.41) is 0. The minimum absolute atomic E-state index is 0.0446. The first-order valence-electron chi connectivity index (χ1n) is 6.96. The number of aromatic nitrogens is 1. The molecule has 1 aliphatic rings. The van der Waals surface area contributed by atoms with E-state index < -0.39 is 0 Å². The van der Waals surface area contributed by atoms with Crippen LogP contribution in [0.5, 0.6) is 0 Å². The highest BCUT2D eigenvalue weighted by Crippen LogP contribution is 2.20. The molecule has 1 aromatic rings. The SMILES string of the molecule is COCC1=CCN(C(=O)c2cc(N)cn2C(C)C)CC1. The van der Waals surface area contributed by atoms with Crippen LogP contribution in [0.3, 0.4) is 0 Å². The number of anilines is 1. The minimum Gasteiger partial charge on any atom is -0.397 e. The monoisotopic (exact) mass is 277 g/mol. The summed E-state index contributed by atoms with van der Waals surface area (Å²) in [5.74, 6) is 0.0446. The number of carbonyl (C=O) groups is 1. The average Bonchev–Trinajstić information content (AvgIpc) is 2.81. The minimum atomic E-state index is 0.0446. The van der Waals surface area contributed by atoms with Crippen LogP contribution >= 0.6 is 0 Å². The van der Waals surface area contributed by atoms with E-state index in [0.717, 1.165) is 13.0 Å². The number of carbonyl (C=O) groups excluding carboxylic acids is 1. The number of hydrogen-bond donors (Lipinski definition) is 1. The second-order valence-corrected chi connectivity index (χ2v) is 5.46. The van der Waals surface area contributed by atoms with E-state index in [1.54, 1.807) is 13.2 Å². The molecule has 0 saturated heterocycles. The summed E-state index contributed by atoms with van der Waals surface area (Å²) < 4.78 is 7.06. The average molecular weight is 277 g/mol. The number of nitrogen functional groups attached to an aromatic ring is 1. The van der Waals surface area contributed by atoms with Gasteiger partial charge in [-0.15, -0.1) is 0 Å². The number of amides is 1. The van der Waals surface area contributed by atoms with Crippen LogP contribution in [0.25, 0.3) is 0 Å². The molecule has 0 fully saturated rings. The third-order valence-electron chi connectivity index (χ3n) is 3.57. The first-order valence-corrected chi connectivity index (χ1v) is 6.96. The molecule has 2 heterocycles. The zero-order chi connectivity index (χ0) is 14.7. The van der Waals surface area contributed by atoms with E-state index >= 15 is 0 Å². The van der Waals surface area contributed by atoms with E-state index in [9.17, 15) is 4.79 Å². The molecule has 0 spiro atoms. The molecule has 2 N–H and O–H groups in total. The van der Waals surface area contributed by atoms with E-state index in [2.05, 4.69) is 6.08 Å². The Balaban J connectivity index is 2.13. The lowest BCUT2D eigenvalue weighted by molar-refractivity contribution is 0.0752. The van der Waals surface area contributed by atoms with E-state index in [1.165, 1.54) is 5.57 Å². The molecule has 5 nitrogen and oxygen atoms in total. The predicted molar refractivity (Wildman–Crippen MR) is 79.7 cm³/mol. The maximum Gasteiger partial charge on any atom is 0.270 e. The molecular formula is C15H23N3O2. The van der Waals surface area contributed by atoms with Crippen molar-refractivity contribution in [3.63, 3.8) is 0 Å². The Kier molecular flexibility index (Phi) is 4.49. The van der Waals surface area contributed by atoms with Crippen LogP contribution in [-0.2, 0) is 4.74 Å². The zero-order valence-electron chi connectivity index (χ0n) is 12.4. The molecule has 1 aliphatic heterocycles. The molecule has 0 aromatic carbocycles. The lowest BCUT2D eigenvalue weighted by Gasteiger charge is -2.27. The Morgan fingerprint density at radius 2 is 2.25 bits per heavy atom. The van der Waals surface area contributed by atoms with E-state index in [-0.39, 0.29) is 11.9 Å². The van der Waals surface area contributed by atoms with Crippen molar-refractivity contribution in [1.82, 2.24) is 9.47 Å². The number of methoxy groups -OCH3 is 1. The Labute approximate surface area is 120 Å².